The van der Waals surface area contributed by atoms with Gasteiger partial charge in [-0.2, -0.15) is 0 Å². The van der Waals surface area contributed by atoms with Crippen LogP contribution in [0.4, 0.5) is 10.8 Å². The van der Waals surface area contributed by atoms with E-state index in [-0.39, 0.29) is 11.7 Å². The van der Waals surface area contributed by atoms with Crippen LogP contribution in [-0.2, 0) is 24.5 Å². The van der Waals surface area contributed by atoms with Gasteiger partial charge in [0.1, 0.15) is 5.41 Å². The Morgan fingerprint density at radius 3 is 2.19 bits per heavy atom. The second kappa shape index (κ2) is 12.1. The van der Waals surface area contributed by atoms with E-state index in [9.17, 15) is 19.7 Å². The second-order valence-corrected chi connectivity index (χ2v) is 9.02. The van der Waals surface area contributed by atoms with Crippen molar-refractivity contribution in [1.82, 2.24) is 10.3 Å². The lowest BCUT2D eigenvalue weighted by atomic mass is 9.64. The van der Waals surface area contributed by atoms with Gasteiger partial charge in [-0.05, 0) is 19.4 Å². The van der Waals surface area contributed by atoms with E-state index >= 15 is 0 Å². The van der Waals surface area contributed by atoms with Crippen LogP contribution in [0, 0.1) is 10.1 Å². The lowest BCUT2D eigenvalue weighted by Crippen LogP contribution is -2.65. The fourth-order valence-electron chi connectivity index (χ4n) is 4.46. The lowest BCUT2D eigenvalue weighted by molar-refractivity contribution is -0.384. The highest BCUT2D eigenvalue weighted by Crippen LogP contribution is 2.42. The van der Waals surface area contributed by atoms with Gasteiger partial charge in [0.15, 0.2) is 5.13 Å². The summed E-state index contributed by atoms with van der Waals surface area (Å²) in [5, 5.41) is 19.0. The Morgan fingerprint density at radius 2 is 1.70 bits per heavy atom. The average molecular weight is 525 g/mol. The predicted octanol–water partition coefficient (Wildman–Crippen LogP) is 4.07. The number of nitro groups is 1. The Morgan fingerprint density at radius 1 is 1.08 bits per heavy atom. The van der Waals surface area contributed by atoms with Gasteiger partial charge in [0.2, 0.25) is 0 Å². The molecule has 10 nitrogen and oxygen atoms in total. The second-order valence-electron chi connectivity index (χ2n) is 8.13. The van der Waals surface area contributed by atoms with Crippen LogP contribution < -0.4 is 10.6 Å². The molecule has 1 aliphatic heterocycles. The molecule has 0 saturated carbocycles. The number of benzene rings is 2. The highest BCUT2D eigenvalue weighted by atomic mass is 32.1. The average Bonchev–Trinajstić information content (AvgIpc) is 3.43. The smallest absolute Gasteiger partial charge is 0.337 e. The lowest BCUT2D eigenvalue weighted by Gasteiger charge is -2.47. The van der Waals surface area contributed by atoms with Crippen molar-refractivity contribution < 1.29 is 24.0 Å². The molecule has 194 valence electrons. The van der Waals surface area contributed by atoms with Gasteiger partial charge < -0.3 is 20.1 Å². The number of nitro benzene ring substituents is 1. The van der Waals surface area contributed by atoms with Crippen molar-refractivity contribution in [3.05, 3.63) is 99.2 Å². The zero-order chi connectivity index (χ0) is 27.0. The van der Waals surface area contributed by atoms with Crippen LogP contribution in [0.5, 0.6) is 0 Å². The van der Waals surface area contributed by atoms with Crippen molar-refractivity contribution in [3.8, 4) is 0 Å². The molecule has 1 aromatic heterocycles. The molecule has 2 aromatic carbocycles. The Kier molecular flexibility index (Phi) is 8.96. The summed E-state index contributed by atoms with van der Waals surface area (Å²) in [6, 6.07) is 16.1. The number of rotatable bonds is 6. The summed E-state index contributed by atoms with van der Waals surface area (Å²) >= 11 is 1.39. The molecule has 2 N–H and O–H groups in total. The zero-order valence-corrected chi connectivity index (χ0v) is 21.7. The maximum atomic E-state index is 13.3. The van der Waals surface area contributed by atoms with Crippen LogP contribution >= 0.6 is 11.3 Å². The number of hydrogen-bond donors (Lipinski definition) is 2. The maximum absolute atomic E-state index is 13.3. The van der Waals surface area contributed by atoms with Crippen molar-refractivity contribution in [2.24, 2.45) is 0 Å². The summed E-state index contributed by atoms with van der Waals surface area (Å²) in [5.41, 5.74) is 0.626. The number of allylic oxidation sites excluding steroid dienone is 1. The first kappa shape index (κ1) is 27.3. The number of aromatic nitrogens is 1. The molecule has 37 heavy (non-hydrogen) atoms. The summed E-state index contributed by atoms with van der Waals surface area (Å²) in [7, 11) is 2.67. The van der Waals surface area contributed by atoms with Gasteiger partial charge in [-0.1, -0.05) is 48.5 Å². The molecule has 2 heterocycles. The molecular weight excluding hydrogens is 496 g/mol. The molecule has 1 aliphatic rings. The van der Waals surface area contributed by atoms with Crippen molar-refractivity contribution in [1.29, 1.82) is 0 Å². The van der Waals surface area contributed by atoms with Gasteiger partial charge in [-0.3, -0.25) is 14.9 Å². The summed E-state index contributed by atoms with van der Waals surface area (Å²) in [4.78, 5) is 39.9. The van der Waals surface area contributed by atoms with E-state index in [1.54, 1.807) is 31.3 Å². The van der Waals surface area contributed by atoms with Crippen molar-refractivity contribution in [2.75, 3.05) is 19.5 Å². The normalized spacial score (nSPS) is 20.5. The van der Waals surface area contributed by atoms with E-state index in [1.807, 2.05) is 42.6 Å². The van der Waals surface area contributed by atoms with E-state index in [2.05, 4.69) is 15.6 Å². The van der Waals surface area contributed by atoms with E-state index in [4.69, 9.17) is 9.47 Å². The molecule has 0 spiro atoms. The summed E-state index contributed by atoms with van der Waals surface area (Å²) in [6.07, 6.45) is 1.66. The fourth-order valence-corrected chi connectivity index (χ4v) is 5.02. The number of nitrogens with zero attached hydrogens (tertiary/aromatic N) is 2. The maximum Gasteiger partial charge on any atom is 0.337 e. The van der Waals surface area contributed by atoms with Gasteiger partial charge >= 0.3 is 11.9 Å². The van der Waals surface area contributed by atoms with E-state index in [0.717, 1.165) is 5.56 Å². The Hall–Kier alpha value is -4.25. The van der Waals surface area contributed by atoms with Gasteiger partial charge in [0.05, 0.1) is 30.8 Å². The van der Waals surface area contributed by atoms with Crippen molar-refractivity contribution in [3.63, 3.8) is 0 Å². The third-order valence-corrected chi connectivity index (χ3v) is 6.82. The van der Waals surface area contributed by atoms with Gasteiger partial charge in [0.25, 0.3) is 5.69 Å². The highest BCUT2D eigenvalue weighted by molar-refractivity contribution is 7.13. The van der Waals surface area contributed by atoms with Crippen LogP contribution in [-0.4, -0.2) is 48.1 Å². The number of para-hydroxylation sites is 1. The first-order chi connectivity index (χ1) is 17.8. The third-order valence-electron chi connectivity index (χ3n) is 6.11. The number of ether oxygens (including phenoxy) is 2. The minimum atomic E-state index is -1.22. The number of carbonyl (C=O) groups excluding carboxylic acids is 2. The summed E-state index contributed by atoms with van der Waals surface area (Å²) in [5.74, 6) is -0.975. The number of hydrogen-bond acceptors (Lipinski definition) is 10. The van der Waals surface area contributed by atoms with Crippen LogP contribution in [0.3, 0.4) is 0 Å². The highest BCUT2D eigenvalue weighted by Gasteiger charge is 2.58. The minimum Gasteiger partial charge on any atom is -0.468 e. The monoisotopic (exact) mass is 524 g/mol. The van der Waals surface area contributed by atoms with E-state index in [0.29, 0.717) is 16.4 Å². The molecule has 0 bridgehead atoms. The van der Waals surface area contributed by atoms with Crippen LogP contribution in [0.2, 0.25) is 0 Å². The number of nitrogens with one attached hydrogen (secondary N) is 2. The molecular formula is C26H28N4O6S. The number of anilines is 1. The molecule has 0 fully saturated rings. The Labute approximate surface area is 218 Å². The fraction of sp³-hybridized carbons (Fsp3) is 0.269. The van der Waals surface area contributed by atoms with Gasteiger partial charge in [-0.15, -0.1) is 11.3 Å². The quantitative estimate of drug-likeness (QED) is 0.278. The molecule has 3 aromatic rings. The molecule has 0 saturated heterocycles. The van der Waals surface area contributed by atoms with Crippen LogP contribution in [0.1, 0.15) is 19.4 Å². The largest absolute Gasteiger partial charge is 0.468 e. The van der Waals surface area contributed by atoms with Gasteiger partial charge in [0, 0.05) is 35.4 Å². The molecule has 3 unspecified atom stereocenters. The van der Waals surface area contributed by atoms with E-state index in [1.165, 1.54) is 37.7 Å². The van der Waals surface area contributed by atoms with Crippen molar-refractivity contribution in [2.45, 2.75) is 31.3 Å². The Bertz CT molecular complexity index is 1250. The SMILES string of the molecule is COC(=O)C1=C(C)NC(C)C(C(=O)OC)(c2ccccc2)C1Nc1nccs1.O=[N+]([O-])c1ccccc1. The Balaban J connectivity index is 0.000000356. The molecule has 3 atom stereocenters. The number of thiazole rings is 1. The van der Waals surface area contributed by atoms with Crippen LogP contribution in [0.25, 0.3) is 0 Å². The first-order valence-corrected chi connectivity index (χ1v) is 12.2. The van der Waals surface area contributed by atoms with Gasteiger partial charge in [-0.25, -0.2) is 9.78 Å². The van der Waals surface area contributed by atoms with Crippen LogP contribution in [0.15, 0.2) is 83.5 Å². The van der Waals surface area contributed by atoms with E-state index < -0.39 is 28.3 Å². The van der Waals surface area contributed by atoms with Crippen molar-refractivity contribution >= 4 is 34.1 Å². The summed E-state index contributed by atoms with van der Waals surface area (Å²) in [6.45, 7) is 3.70. The molecule has 0 radical (unpaired) electrons. The minimum absolute atomic E-state index is 0.137. The number of methoxy groups -OCH3 is 2. The number of esters is 2. The molecule has 11 heteroatoms. The molecule has 4 rings (SSSR count). The molecule has 0 aliphatic carbocycles. The molecule has 0 amide bonds. The summed E-state index contributed by atoms with van der Waals surface area (Å²) < 4.78 is 10.3. The zero-order valence-electron chi connectivity index (χ0n) is 20.8. The predicted molar refractivity (Wildman–Crippen MR) is 140 cm³/mol. The number of carbonyl (C=O) groups is 2. The third kappa shape index (κ3) is 5.61. The first-order valence-electron chi connectivity index (χ1n) is 11.3. The number of non-ortho nitro benzene ring substituents is 1. The topological polar surface area (TPSA) is 133 Å². The standard InChI is InChI=1S/C20H23N3O4S.C6H5NO2/c1-12-15(17(24)26-3)16(23-19-21-10-11-28-19)20(13(2)22-12,18(25)27-4)14-8-6-5-7-9-14;8-7(9)6-4-2-1-3-5-6/h5-11,13,16,22H,1-4H3,(H,21,23);1-5H.